The molecule has 4 rings (SSSR count). The third-order valence-corrected chi connectivity index (χ3v) is 7.23. The molecule has 0 spiro atoms. The van der Waals surface area contributed by atoms with Gasteiger partial charge in [-0.1, -0.05) is 25.7 Å². The maximum atomic E-state index is 12.9. The zero-order valence-electron chi connectivity index (χ0n) is 15.7. The molecule has 1 aliphatic heterocycles. The van der Waals surface area contributed by atoms with Crippen LogP contribution in [-0.2, 0) is 10.0 Å². The molecule has 1 fully saturated rings. The Balaban J connectivity index is 1.57. The summed E-state index contributed by atoms with van der Waals surface area (Å²) >= 11 is 0. The maximum absolute atomic E-state index is 12.9. The first-order valence-electron chi connectivity index (χ1n) is 9.54. The minimum absolute atomic E-state index is 0.0299. The van der Waals surface area contributed by atoms with Crippen LogP contribution in [0.5, 0.6) is 0 Å². The molecule has 8 heteroatoms. The van der Waals surface area contributed by atoms with E-state index in [4.69, 9.17) is 0 Å². The standard InChI is InChI=1S/C20H23N3O4S/c1-13-10-17-20(25)22-16-11-15(6-7-18(16)28(26,27)23(17)12-13)19(24)21-9-8-14-4-2-3-5-14/h6-7,10-12,14H,2-5,8-9H2,1H3,(H,21,24)(H,22,25). The average molecular weight is 401 g/mol. The first-order chi connectivity index (χ1) is 13.4. The molecule has 1 saturated carbocycles. The van der Waals surface area contributed by atoms with Gasteiger partial charge in [0.15, 0.2) is 0 Å². The summed E-state index contributed by atoms with van der Waals surface area (Å²) in [5.41, 5.74) is 1.17. The second kappa shape index (κ2) is 7.09. The molecular weight excluding hydrogens is 378 g/mol. The summed E-state index contributed by atoms with van der Waals surface area (Å²) in [7, 11) is -3.92. The van der Waals surface area contributed by atoms with Crippen molar-refractivity contribution in [1.82, 2.24) is 9.29 Å². The number of rotatable bonds is 4. The molecule has 2 amide bonds. The van der Waals surface area contributed by atoms with E-state index < -0.39 is 15.9 Å². The number of fused-ring (bicyclic) bond motifs is 2. The smallest absolute Gasteiger partial charge is 0.273 e. The summed E-state index contributed by atoms with van der Waals surface area (Å²) in [4.78, 5) is 24.9. The number of aryl methyl sites for hydroxylation is 1. The number of anilines is 1. The van der Waals surface area contributed by atoms with E-state index in [1.165, 1.54) is 56.1 Å². The molecule has 2 aliphatic rings. The lowest BCUT2D eigenvalue weighted by atomic mass is 10.0. The zero-order chi connectivity index (χ0) is 19.9. The van der Waals surface area contributed by atoms with E-state index in [0.29, 0.717) is 23.6 Å². The molecule has 1 aliphatic carbocycles. The van der Waals surface area contributed by atoms with Crippen LogP contribution >= 0.6 is 0 Å². The van der Waals surface area contributed by atoms with Crippen LogP contribution in [0.4, 0.5) is 5.69 Å². The third-order valence-electron chi connectivity index (χ3n) is 5.50. The average Bonchev–Trinajstić information content (AvgIpc) is 3.29. The van der Waals surface area contributed by atoms with Gasteiger partial charge in [-0.3, -0.25) is 9.59 Å². The van der Waals surface area contributed by atoms with Crippen LogP contribution in [0, 0.1) is 12.8 Å². The molecule has 0 bridgehead atoms. The van der Waals surface area contributed by atoms with Crippen LogP contribution < -0.4 is 10.6 Å². The van der Waals surface area contributed by atoms with Crippen molar-refractivity contribution in [3.05, 3.63) is 47.3 Å². The number of hydrogen-bond acceptors (Lipinski definition) is 4. The fourth-order valence-electron chi connectivity index (χ4n) is 4.01. The quantitative estimate of drug-likeness (QED) is 0.823. The SMILES string of the molecule is Cc1cc2n(c1)S(=O)(=O)c1ccc(C(=O)NCCC3CCCC3)cc1NC2=O. The topological polar surface area (TPSA) is 97.3 Å². The Morgan fingerprint density at radius 2 is 2.00 bits per heavy atom. The molecule has 7 nitrogen and oxygen atoms in total. The van der Waals surface area contributed by atoms with Gasteiger partial charge in [-0.25, -0.2) is 12.4 Å². The fraction of sp³-hybridized carbons (Fsp3) is 0.400. The summed E-state index contributed by atoms with van der Waals surface area (Å²) in [6.07, 6.45) is 7.34. The van der Waals surface area contributed by atoms with Crippen LogP contribution in [-0.4, -0.2) is 30.7 Å². The van der Waals surface area contributed by atoms with Crippen molar-refractivity contribution in [2.75, 3.05) is 11.9 Å². The van der Waals surface area contributed by atoms with Crippen LogP contribution in [0.1, 0.15) is 58.5 Å². The van der Waals surface area contributed by atoms with E-state index >= 15 is 0 Å². The van der Waals surface area contributed by atoms with Gasteiger partial charge >= 0.3 is 0 Å². The molecule has 0 atom stereocenters. The molecule has 0 radical (unpaired) electrons. The van der Waals surface area contributed by atoms with Crippen molar-refractivity contribution in [2.24, 2.45) is 5.92 Å². The van der Waals surface area contributed by atoms with Crippen LogP contribution in [0.3, 0.4) is 0 Å². The van der Waals surface area contributed by atoms with E-state index in [1.807, 2.05) is 0 Å². The second-order valence-corrected chi connectivity index (χ2v) is 9.35. The van der Waals surface area contributed by atoms with E-state index in [9.17, 15) is 18.0 Å². The molecule has 28 heavy (non-hydrogen) atoms. The van der Waals surface area contributed by atoms with Crippen LogP contribution in [0.2, 0.25) is 0 Å². The summed E-state index contributed by atoms with van der Waals surface area (Å²) < 4.78 is 26.9. The Morgan fingerprint density at radius 1 is 1.25 bits per heavy atom. The predicted molar refractivity (Wildman–Crippen MR) is 105 cm³/mol. The number of carbonyl (C=O) groups is 2. The predicted octanol–water partition coefficient (Wildman–Crippen LogP) is 2.91. The van der Waals surface area contributed by atoms with Crippen molar-refractivity contribution >= 4 is 27.5 Å². The van der Waals surface area contributed by atoms with Gasteiger partial charge in [0.05, 0.1) is 5.69 Å². The van der Waals surface area contributed by atoms with Gasteiger partial charge in [-0.15, -0.1) is 0 Å². The highest BCUT2D eigenvalue weighted by atomic mass is 32.2. The first kappa shape index (κ1) is 18.7. The largest absolute Gasteiger partial charge is 0.352 e. The monoisotopic (exact) mass is 401 g/mol. The van der Waals surface area contributed by atoms with Crippen molar-refractivity contribution < 1.29 is 18.0 Å². The fourth-order valence-corrected chi connectivity index (χ4v) is 5.55. The summed E-state index contributed by atoms with van der Waals surface area (Å²) in [6.45, 7) is 2.32. The van der Waals surface area contributed by atoms with Gasteiger partial charge < -0.3 is 10.6 Å². The molecule has 2 N–H and O–H groups in total. The summed E-state index contributed by atoms with van der Waals surface area (Å²) in [5.74, 6) is -0.114. The Kier molecular flexibility index (Phi) is 4.74. The van der Waals surface area contributed by atoms with E-state index in [-0.39, 0.29) is 22.2 Å². The number of amides is 2. The third kappa shape index (κ3) is 3.32. The molecule has 2 aromatic rings. The highest BCUT2D eigenvalue weighted by Gasteiger charge is 2.31. The van der Waals surface area contributed by atoms with Gasteiger partial charge in [0.2, 0.25) is 0 Å². The number of nitrogens with zero attached hydrogens (tertiary/aromatic N) is 1. The molecule has 148 valence electrons. The molecule has 2 heterocycles. The van der Waals surface area contributed by atoms with Crippen molar-refractivity contribution in [2.45, 2.75) is 43.9 Å². The number of nitrogens with one attached hydrogen (secondary N) is 2. The molecule has 0 unspecified atom stereocenters. The van der Waals surface area contributed by atoms with Gasteiger partial charge in [0, 0.05) is 18.3 Å². The van der Waals surface area contributed by atoms with Gasteiger partial charge in [0.1, 0.15) is 10.6 Å². The number of hydrogen-bond donors (Lipinski definition) is 2. The molecular formula is C20H23N3O4S. The second-order valence-electron chi connectivity index (χ2n) is 7.56. The van der Waals surface area contributed by atoms with Crippen LogP contribution in [0.15, 0.2) is 35.4 Å². The van der Waals surface area contributed by atoms with E-state index in [1.54, 1.807) is 6.92 Å². The summed E-state index contributed by atoms with van der Waals surface area (Å²) in [5, 5.41) is 5.52. The van der Waals surface area contributed by atoms with Crippen molar-refractivity contribution in [3.8, 4) is 0 Å². The Morgan fingerprint density at radius 3 is 2.75 bits per heavy atom. The number of aromatic nitrogens is 1. The molecule has 1 aromatic heterocycles. The highest BCUT2D eigenvalue weighted by Crippen LogP contribution is 2.30. The highest BCUT2D eigenvalue weighted by molar-refractivity contribution is 7.90. The Labute approximate surface area is 164 Å². The Hall–Kier alpha value is -2.61. The number of carbonyl (C=O) groups excluding carboxylic acids is 2. The van der Waals surface area contributed by atoms with Gasteiger partial charge in [-0.2, -0.15) is 0 Å². The molecule has 1 aromatic carbocycles. The lowest BCUT2D eigenvalue weighted by Crippen LogP contribution is -2.26. The van der Waals surface area contributed by atoms with Gasteiger partial charge in [-0.05, 0) is 49.1 Å². The zero-order valence-corrected chi connectivity index (χ0v) is 16.5. The lowest BCUT2D eigenvalue weighted by Gasteiger charge is -2.12. The van der Waals surface area contributed by atoms with Crippen molar-refractivity contribution in [3.63, 3.8) is 0 Å². The van der Waals surface area contributed by atoms with Crippen molar-refractivity contribution in [1.29, 1.82) is 0 Å². The minimum atomic E-state index is -3.92. The first-order valence-corrected chi connectivity index (χ1v) is 11.0. The molecule has 0 saturated heterocycles. The number of benzene rings is 1. The normalized spacial score (nSPS) is 18.1. The van der Waals surface area contributed by atoms with Crippen LogP contribution in [0.25, 0.3) is 0 Å². The maximum Gasteiger partial charge on any atom is 0.273 e. The minimum Gasteiger partial charge on any atom is -0.352 e. The lowest BCUT2D eigenvalue weighted by molar-refractivity contribution is 0.0950. The van der Waals surface area contributed by atoms with Gasteiger partial charge in [0.25, 0.3) is 21.8 Å². The van der Waals surface area contributed by atoms with E-state index in [2.05, 4.69) is 10.6 Å². The Bertz CT molecular complexity index is 1050. The van der Waals surface area contributed by atoms with E-state index in [0.717, 1.165) is 10.4 Å². The summed E-state index contributed by atoms with van der Waals surface area (Å²) in [6, 6.07) is 5.81.